The normalized spacial score (nSPS) is 15.7. The van der Waals surface area contributed by atoms with E-state index in [1.165, 1.54) is 16.4 Å². The lowest BCUT2D eigenvalue weighted by Crippen LogP contribution is -2.39. The largest absolute Gasteiger partial charge is 0.338 e. The number of aryl methyl sites for hydroxylation is 2. The molecule has 1 saturated heterocycles. The minimum atomic E-state index is -3.59. The summed E-state index contributed by atoms with van der Waals surface area (Å²) in [6.07, 6.45) is 2.27. The van der Waals surface area contributed by atoms with Crippen LogP contribution in [-0.4, -0.2) is 38.4 Å². The number of halogens is 1. The Bertz CT molecular complexity index is 985. The molecule has 30 heavy (non-hydrogen) atoms. The van der Waals surface area contributed by atoms with Crippen LogP contribution < -0.4 is 10.6 Å². The summed E-state index contributed by atoms with van der Waals surface area (Å²) >= 11 is 0. The quantitative estimate of drug-likeness (QED) is 0.721. The first-order chi connectivity index (χ1) is 14.3. The lowest BCUT2D eigenvalue weighted by atomic mass is 9.95. The summed E-state index contributed by atoms with van der Waals surface area (Å²) in [5, 5.41) is 5.75. The maximum absolute atomic E-state index is 13.1. The second-order valence-electron chi connectivity index (χ2n) is 7.79. The molecule has 8 heteroatoms. The number of benzene rings is 2. The number of nitrogens with zero attached hydrogens (tertiary/aromatic N) is 1. The Labute approximate surface area is 177 Å². The van der Waals surface area contributed by atoms with Crippen molar-refractivity contribution in [2.24, 2.45) is 5.92 Å². The van der Waals surface area contributed by atoms with E-state index in [4.69, 9.17) is 0 Å². The summed E-state index contributed by atoms with van der Waals surface area (Å²) in [4.78, 5) is 12.3. The van der Waals surface area contributed by atoms with Gasteiger partial charge in [-0.3, -0.25) is 0 Å². The topological polar surface area (TPSA) is 78.5 Å². The third kappa shape index (κ3) is 5.58. The van der Waals surface area contributed by atoms with E-state index >= 15 is 0 Å². The minimum absolute atomic E-state index is 0.118. The number of nitrogens with one attached hydrogen (secondary N) is 2. The fraction of sp³-hybridized carbons (Fsp3) is 0.409. The van der Waals surface area contributed by atoms with E-state index < -0.39 is 15.8 Å². The molecule has 1 aliphatic rings. The van der Waals surface area contributed by atoms with Gasteiger partial charge >= 0.3 is 6.03 Å². The zero-order valence-electron chi connectivity index (χ0n) is 17.3. The van der Waals surface area contributed by atoms with Crippen molar-refractivity contribution in [1.82, 2.24) is 9.62 Å². The van der Waals surface area contributed by atoms with E-state index in [0.29, 0.717) is 25.6 Å². The first kappa shape index (κ1) is 22.2. The molecule has 0 aromatic heterocycles. The van der Waals surface area contributed by atoms with Crippen molar-refractivity contribution in [3.63, 3.8) is 0 Å². The van der Waals surface area contributed by atoms with Crippen LogP contribution in [-0.2, 0) is 10.0 Å². The molecular weight excluding hydrogens is 405 g/mol. The number of carbonyl (C=O) groups is 1. The van der Waals surface area contributed by atoms with E-state index in [9.17, 15) is 17.6 Å². The van der Waals surface area contributed by atoms with Gasteiger partial charge in [0, 0.05) is 25.3 Å². The predicted molar refractivity (Wildman–Crippen MR) is 115 cm³/mol. The van der Waals surface area contributed by atoms with Crippen molar-refractivity contribution in [1.29, 1.82) is 0 Å². The van der Waals surface area contributed by atoms with Gasteiger partial charge in [0.05, 0.1) is 4.90 Å². The number of piperidine rings is 1. The van der Waals surface area contributed by atoms with Gasteiger partial charge in [-0.2, -0.15) is 4.31 Å². The predicted octanol–water partition coefficient (Wildman–Crippen LogP) is 4.06. The summed E-state index contributed by atoms with van der Waals surface area (Å²) in [7, 11) is -3.59. The summed E-state index contributed by atoms with van der Waals surface area (Å²) in [5.41, 5.74) is 2.88. The molecular formula is C22H28FN3O3S. The molecule has 0 radical (unpaired) electrons. The van der Waals surface area contributed by atoms with E-state index in [0.717, 1.165) is 48.2 Å². The van der Waals surface area contributed by atoms with Crippen LogP contribution in [0.1, 0.15) is 30.4 Å². The van der Waals surface area contributed by atoms with E-state index in [-0.39, 0.29) is 10.9 Å². The van der Waals surface area contributed by atoms with Crippen LogP contribution >= 0.6 is 0 Å². The van der Waals surface area contributed by atoms with Crippen molar-refractivity contribution < 1.29 is 17.6 Å². The lowest BCUT2D eigenvalue weighted by Gasteiger charge is -2.31. The minimum Gasteiger partial charge on any atom is -0.338 e. The van der Waals surface area contributed by atoms with Crippen LogP contribution in [0.25, 0.3) is 0 Å². The fourth-order valence-electron chi connectivity index (χ4n) is 3.62. The van der Waals surface area contributed by atoms with Gasteiger partial charge in [0.1, 0.15) is 5.82 Å². The molecule has 1 fully saturated rings. The summed E-state index contributed by atoms with van der Waals surface area (Å²) in [5.74, 6) is -0.104. The number of sulfonamides is 1. The SMILES string of the molecule is Cc1ccc(C)c(NC(=O)NCCC2CCN(S(=O)(=O)c3ccc(F)cc3)CC2)c1. The molecule has 2 aromatic carbocycles. The molecule has 2 amide bonds. The molecule has 2 N–H and O–H groups in total. The molecule has 0 aliphatic carbocycles. The number of hydrogen-bond donors (Lipinski definition) is 2. The molecule has 6 nitrogen and oxygen atoms in total. The van der Waals surface area contributed by atoms with Gasteiger partial charge in [0.15, 0.2) is 0 Å². The molecule has 0 atom stereocenters. The van der Waals surface area contributed by atoms with Crippen LogP contribution in [0.4, 0.5) is 14.9 Å². The van der Waals surface area contributed by atoms with Gasteiger partial charge < -0.3 is 10.6 Å². The molecule has 3 rings (SSSR count). The average Bonchev–Trinajstić information content (AvgIpc) is 2.71. The number of hydrogen-bond acceptors (Lipinski definition) is 3. The van der Waals surface area contributed by atoms with E-state index in [1.807, 2.05) is 32.0 Å². The highest BCUT2D eigenvalue weighted by Crippen LogP contribution is 2.25. The Morgan fingerprint density at radius 3 is 2.43 bits per heavy atom. The monoisotopic (exact) mass is 433 g/mol. The van der Waals surface area contributed by atoms with Gasteiger partial charge in [0.2, 0.25) is 10.0 Å². The number of urea groups is 1. The van der Waals surface area contributed by atoms with Crippen LogP contribution in [0.3, 0.4) is 0 Å². The van der Waals surface area contributed by atoms with Gasteiger partial charge in [-0.05, 0) is 80.5 Å². The third-order valence-electron chi connectivity index (χ3n) is 5.50. The maximum Gasteiger partial charge on any atom is 0.319 e. The van der Waals surface area contributed by atoms with Crippen LogP contribution in [0.15, 0.2) is 47.4 Å². The second kappa shape index (κ2) is 9.57. The Morgan fingerprint density at radius 2 is 1.77 bits per heavy atom. The van der Waals surface area contributed by atoms with Gasteiger partial charge in [-0.15, -0.1) is 0 Å². The van der Waals surface area contributed by atoms with E-state index in [1.54, 1.807) is 0 Å². The van der Waals surface area contributed by atoms with E-state index in [2.05, 4.69) is 10.6 Å². The second-order valence-corrected chi connectivity index (χ2v) is 9.73. The molecule has 0 unspecified atom stereocenters. The van der Waals surface area contributed by atoms with Gasteiger partial charge in [-0.1, -0.05) is 12.1 Å². The zero-order valence-corrected chi connectivity index (χ0v) is 18.1. The number of carbonyl (C=O) groups excluding carboxylic acids is 1. The Morgan fingerprint density at radius 1 is 1.10 bits per heavy atom. The Hall–Kier alpha value is -2.45. The number of anilines is 1. The highest BCUT2D eigenvalue weighted by Gasteiger charge is 2.29. The molecule has 162 valence electrons. The Kier molecular flexibility index (Phi) is 7.10. The van der Waals surface area contributed by atoms with Gasteiger partial charge in [0.25, 0.3) is 0 Å². The van der Waals surface area contributed by atoms with Crippen molar-refractivity contribution in [3.8, 4) is 0 Å². The zero-order chi connectivity index (χ0) is 21.7. The summed E-state index contributed by atoms with van der Waals surface area (Å²) in [6.45, 7) is 5.32. The summed E-state index contributed by atoms with van der Waals surface area (Å²) in [6, 6.07) is 10.6. The van der Waals surface area contributed by atoms with Crippen LogP contribution in [0.5, 0.6) is 0 Å². The standard InChI is InChI=1S/C22H28FN3O3S/c1-16-3-4-17(2)21(15-16)25-22(27)24-12-9-18-10-13-26(14-11-18)30(28,29)20-7-5-19(23)6-8-20/h3-8,15,18H,9-14H2,1-2H3,(H2,24,25,27). The van der Waals surface area contributed by atoms with Crippen LogP contribution in [0.2, 0.25) is 0 Å². The molecule has 0 spiro atoms. The van der Waals surface area contributed by atoms with Crippen molar-refractivity contribution in [3.05, 3.63) is 59.4 Å². The molecule has 1 heterocycles. The van der Waals surface area contributed by atoms with Gasteiger partial charge in [-0.25, -0.2) is 17.6 Å². The first-order valence-corrected chi connectivity index (χ1v) is 11.6. The maximum atomic E-state index is 13.1. The highest BCUT2D eigenvalue weighted by molar-refractivity contribution is 7.89. The smallest absolute Gasteiger partial charge is 0.319 e. The molecule has 1 aliphatic heterocycles. The molecule has 0 bridgehead atoms. The third-order valence-corrected chi connectivity index (χ3v) is 7.42. The number of amides is 2. The van der Waals surface area contributed by atoms with Crippen molar-refractivity contribution in [2.45, 2.75) is 38.0 Å². The number of rotatable bonds is 6. The summed E-state index contributed by atoms with van der Waals surface area (Å²) < 4.78 is 39.9. The Balaban J connectivity index is 1.43. The molecule has 2 aromatic rings. The average molecular weight is 434 g/mol. The highest BCUT2D eigenvalue weighted by atomic mass is 32.2. The van der Waals surface area contributed by atoms with Crippen LogP contribution in [0, 0.1) is 25.6 Å². The molecule has 0 saturated carbocycles. The first-order valence-electron chi connectivity index (χ1n) is 10.1. The fourth-order valence-corrected chi connectivity index (χ4v) is 5.09. The lowest BCUT2D eigenvalue weighted by molar-refractivity contribution is 0.245. The van der Waals surface area contributed by atoms with Crippen molar-refractivity contribution in [2.75, 3.05) is 25.0 Å². The van der Waals surface area contributed by atoms with Crippen molar-refractivity contribution >= 4 is 21.7 Å².